The summed E-state index contributed by atoms with van der Waals surface area (Å²) < 4.78 is 7.70. The molecule has 0 saturated heterocycles. The van der Waals surface area contributed by atoms with Gasteiger partial charge in [0.25, 0.3) is 5.91 Å². The largest absolute Gasteiger partial charge is 0.493 e. The average Bonchev–Trinajstić information content (AvgIpc) is 2.84. The zero-order valence-electron chi connectivity index (χ0n) is 13.3. The molecule has 0 saturated carbocycles. The summed E-state index contributed by atoms with van der Waals surface area (Å²) in [5.74, 6) is 1.25. The number of aromatic nitrogens is 1. The third-order valence-corrected chi connectivity index (χ3v) is 3.43. The number of hydrogen-bond acceptors (Lipinski definition) is 2. The first-order valence-electron chi connectivity index (χ1n) is 7.61. The fourth-order valence-electron chi connectivity index (χ4n) is 2.45. The quantitative estimate of drug-likeness (QED) is 0.884. The molecular weight excluding hydrogens is 264 g/mol. The summed E-state index contributed by atoms with van der Waals surface area (Å²) in [6, 6.07) is 7.87. The van der Waals surface area contributed by atoms with E-state index in [0.29, 0.717) is 24.8 Å². The van der Waals surface area contributed by atoms with Gasteiger partial charge in [0.15, 0.2) is 0 Å². The Bertz CT molecular complexity index is 629. The van der Waals surface area contributed by atoms with Crippen LogP contribution in [0.25, 0.3) is 10.9 Å². The van der Waals surface area contributed by atoms with Crippen molar-refractivity contribution in [3.05, 3.63) is 30.0 Å². The summed E-state index contributed by atoms with van der Waals surface area (Å²) in [5.41, 5.74) is 1.73. The summed E-state index contributed by atoms with van der Waals surface area (Å²) in [6.07, 6.45) is 0. The van der Waals surface area contributed by atoms with Crippen molar-refractivity contribution in [1.29, 1.82) is 0 Å². The number of carbonyl (C=O) groups is 1. The third kappa shape index (κ3) is 3.20. The third-order valence-electron chi connectivity index (χ3n) is 3.43. The highest BCUT2D eigenvalue weighted by atomic mass is 16.5. The van der Waals surface area contributed by atoms with Crippen molar-refractivity contribution in [1.82, 2.24) is 9.88 Å². The van der Waals surface area contributed by atoms with E-state index in [-0.39, 0.29) is 5.91 Å². The second-order valence-electron chi connectivity index (χ2n) is 5.50. The fourth-order valence-corrected chi connectivity index (χ4v) is 2.45. The Morgan fingerprint density at radius 2 is 2.10 bits per heavy atom. The number of aryl methyl sites for hydroxylation is 1. The molecule has 1 heterocycles. The molecule has 1 aromatic heterocycles. The van der Waals surface area contributed by atoms with E-state index in [1.165, 1.54) is 0 Å². The Labute approximate surface area is 126 Å². The van der Waals surface area contributed by atoms with Gasteiger partial charge in [0, 0.05) is 18.5 Å². The monoisotopic (exact) mass is 288 g/mol. The number of amides is 1. The van der Waals surface area contributed by atoms with Gasteiger partial charge < -0.3 is 14.6 Å². The molecule has 0 aliphatic heterocycles. The molecule has 21 heavy (non-hydrogen) atoms. The molecule has 0 atom stereocenters. The normalized spacial score (nSPS) is 11.1. The first-order valence-corrected chi connectivity index (χ1v) is 7.61. The van der Waals surface area contributed by atoms with Gasteiger partial charge in [-0.25, -0.2) is 0 Å². The molecule has 1 amide bonds. The maximum Gasteiger partial charge on any atom is 0.267 e. The van der Waals surface area contributed by atoms with E-state index in [0.717, 1.165) is 23.2 Å². The molecule has 0 aliphatic carbocycles. The van der Waals surface area contributed by atoms with Crippen LogP contribution in [-0.2, 0) is 6.54 Å². The van der Waals surface area contributed by atoms with E-state index in [1.54, 1.807) is 0 Å². The number of benzene rings is 1. The van der Waals surface area contributed by atoms with Crippen LogP contribution < -0.4 is 10.1 Å². The van der Waals surface area contributed by atoms with Crippen molar-refractivity contribution >= 4 is 16.8 Å². The van der Waals surface area contributed by atoms with Crippen molar-refractivity contribution in [2.45, 2.75) is 34.2 Å². The smallest absolute Gasteiger partial charge is 0.267 e. The molecule has 114 valence electrons. The standard InChI is InChI=1S/C17H24N2O2/c1-5-19-14-8-7-9-16(21-6-2)13(14)10-15(19)17(20)18-11-12(3)4/h7-10,12H,5-6,11H2,1-4H3,(H,18,20). The molecule has 0 bridgehead atoms. The Kier molecular flexibility index (Phi) is 4.89. The second-order valence-corrected chi connectivity index (χ2v) is 5.50. The fraction of sp³-hybridized carbons (Fsp3) is 0.471. The van der Waals surface area contributed by atoms with Gasteiger partial charge in [-0.2, -0.15) is 0 Å². The van der Waals surface area contributed by atoms with Crippen LogP contribution in [-0.4, -0.2) is 23.6 Å². The summed E-state index contributed by atoms with van der Waals surface area (Å²) in [4.78, 5) is 12.4. The topological polar surface area (TPSA) is 43.3 Å². The highest BCUT2D eigenvalue weighted by molar-refractivity contribution is 6.00. The van der Waals surface area contributed by atoms with Crippen molar-refractivity contribution in [2.24, 2.45) is 5.92 Å². The van der Waals surface area contributed by atoms with Gasteiger partial charge in [-0.15, -0.1) is 0 Å². The van der Waals surface area contributed by atoms with Gasteiger partial charge in [-0.05, 0) is 38.0 Å². The number of carbonyl (C=O) groups excluding carboxylic acids is 1. The lowest BCUT2D eigenvalue weighted by atomic mass is 10.2. The highest BCUT2D eigenvalue weighted by Crippen LogP contribution is 2.29. The maximum absolute atomic E-state index is 12.4. The van der Waals surface area contributed by atoms with Crippen molar-refractivity contribution in [2.75, 3.05) is 13.2 Å². The lowest BCUT2D eigenvalue weighted by Crippen LogP contribution is -2.29. The molecule has 0 radical (unpaired) electrons. The van der Waals surface area contributed by atoms with Crippen LogP contribution in [0.4, 0.5) is 0 Å². The Balaban J connectivity index is 2.44. The van der Waals surface area contributed by atoms with E-state index in [1.807, 2.05) is 42.7 Å². The molecular formula is C17H24N2O2. The van der Waals surface area contributed by atoms with Crippen LogP contribution in [0, 0.1) is 5.92 Å². The molecule has 2 rings (SSSR count). The minimum atomic E-state index is -0.0239. The van der Waals surface area contributed by atoms with E-state index >= 15 is 0 Å². The second kappa shape index (κ2) is 6.66. The van der Waals surface area contributed by atoms with Crippen LogP contribution in [0.5, 0.6) is 5.75 Å². The van der Waals surface area contributed by atoms with Crippen LogP contribution in [0.3, 0.4) is 0 Å². The first-order chi connectivity index (χ1) is 10.1. The van der Waals surface area contributed by atoms with Gasteiger partial charge in [0.1, 0.15) is 11.4 Å². The lowest BCUT2D eigenvalue weighted by molar-refractivity contribution is 0.0940. The minimum absolute atomic E-state index is 0.0239. The number of nitrogens with one attached hydrogen (secondary N) is 1. The van der Waals surface area contributed by atoms with Crippen molar-refractivity contribution in [3.63, 3.8) is 0 Å². The number of rotatable bonds is 6. The number of nitrogens with zero attached hydrogens (tertiary/aromatic N) is 1. The van der Waals surface area contributed by atoms with Crippen molar-refractivity contribution in [3.8, 4) is 5.75 Å². The van der Waals surface area contributed by atoms with Gasteiger partial charge in [0.05, 0.1) is 12.1 Å². The Hall–Kier alpha value is -1.97. The van der Waals surface area contributed by atoms with Crippen LogP contribution >= 0.6 is 0 Å². The van der Waals surface area contributed by atoms with E-state index in [2.05, 4.69) is 19.2 Å². The predicted octanol–water partition coefficient (Wildman–Crippen LogP) is 3.45. The van der Waals surface area contributed by atoms with E-state index in [9.17, 15) is 4.79 Å². The number of fused-ring (bicyclic) bond motifs is 1. The molecule has 4 nitrogen and oxygen atoms in total. The van der Waals surface area contributed by atoms with Crippen molar-refractivity contribution < 1.29 is 9.53 Å². The van der Waals surface area contributed by atoms with Gasteiger partial charge in [0.2, 0.25) is 0 Å². The summed E-state index contributed by atoms with van der Waals surface area (Å²) >= 11 is 0. The molecule has 0 fully saturated rings. The van der Waals surface area contributed by atoms with Gasteiger partial charge in [-0.1, -0.05) is 19.9 Å². The lowest BCUT2D eigenvalue weighted by Gasteiger charge is -2.10. The Morgan fingerprint density at radius 1 is 1.33 bits per heavy atom. The molecule has 0 spiro atoms. The maximum atomic E-state index is 12.4. The van der Waals surface area contributed by atoms with E-state index in [4.69, 9.17) is 4.74 Å². The van der Waals surface area contributed by atoms with Crippen LogP contribution in [0.15, 0.2) is 24.3 Å². The molecule has 1 N–H and O–H groups in total. The summed E-state index contributed by atoms with van der Waals surface area (Å²) in [6.45, 7) is 10.2. The average molecular weight is 288 g/mol. The molecule has 0 unspecified atom stereocenters. The summed E-state index contributed by atoms with van der Waals surface area (Å²) in [7, 11) is 0. The molecule has 0 aliphatic rings. The zero-order chi connectivity index (χ0) is 15.4. The van der Waals surface area contributed by atoms with Crippen LogP contribution in [0.2, 0.25) is 0 Å². The van der Waals surface area contributed by atoms with Crippen LogP contribution in [0.1, 0.15) is 38.2 Å². The minimum Gasteiger partial charge on any atom is -0.493 e. The SMILES string of the molecule is CCOc1cccc2c1cc(C(=O)NCC(C)C)n2CC. The number of ether oxygens (including phenoxy) is 1. The summed E-state index contributed by atoms with van der Waals surface area (Å²) in [5, 5.41) is 3.98. The first kappa shape index (κ1) is 15.4. The molecule has 1 aromatic carbocycles. The Morgan fingerprint density at radius 3 is 2.71 bits per heavy atom. The number of hydrogen-bond donors (Lipinski definition) is 1. The van der Waals surface area contributed by atoms with E-state index < -0.39 is 0 Å². The highest BCUT2D eigenvalue weighted by Gasteiger charge is 2.16. The predicted molar refractivity (Wildman–Crippen MR) is 86.0 cm³/mol. The van der Waals surface area contributed by atoms with Gasteiger partial charge in [-0.3, -0.25) is 4.79 Å². The molecule has 4 heteroatoms. The molecule has 2 aromatic rings. The zero-order valence-corrected chi connectivity index (χ0v) is 13.3. The van der Waals surface area contributed by atoms with Gasteiger partial charge >= 0.3 is 0 Å².